The van der Waals surface area contributed by atoms with Gasteiger partial charge in [-0.1, -0.05) is 68.4 Å². The molecule has 0 saturated carbocycles. The number of rotatable bonds is 24. The molecule has 9 N–H and O–H groups in total. The van der Waals surface area contributed by atoms with E-state index in [1.807, 2.05) is 0 Å². The van der Waals surface area contributed by atoms with Crippen LogP contribution in [0.5, 0.6) is 5.75 Å². The summed E-state index contributed by atoms with van der Waals surface area (Å²) in [5.74, 6) is 0.946. The van der Waals surface area contributed by atoms with Gasteiger partial charge < -0.3 is 55.3 Å². The Balaban J connectivity index is -0.00000293. The summed E-state index contributed by atoms with van der Waals surface area (Å²) in [5.41, 5.74) is 4.05. The predicted molar refractivity (Wildman–Crippen MR) is 195 cm³/mol. The smallest absolute Gasteiger partial charge is 0.394 e. The number of ether oxygens (including phenoxy) is 8. The molecule has 15 nitrogen and oxygen atoms in total. The monoisotopic (exact) mass is 746 g/mol. The van der Waals surface area contributed by atoms with E-state index in [4.69, 9.17) is 60.5 Å². The van der Waals surface area contributed by atoms with Crippen LogP contribution in [-0.2, 0) is 59.8 Å². The lowest BCUT2D eigenvalue weighted by Gasteiger charge is -2.37. The summed E-state index contributed by atoms with van der Waals surface area (Å²) in [6.07, 6.45) is 0. The molecule has 0 fully saturated rings. The minimum absolute atomic E-state index is 0. The van der Waals surface area contributed by atoms with E-state index in [-0.39, 0.29) is 35.2 Å². The predicted octanol–water partition coefficient (Wildman–Crippen LogP) is 4.74. The molecular formula is C34H70N2O13S. The third kappa shape index (κ3) is 28.1. The standard InChI is InChI=1S/C34H62O9.2H3N.H2O4S/c1-32(2,3)28-10-11-29(31(34(7,8)9)30(28)33(4,5)6)43-27-26-42-25-24-41-23-22-40-21-20-39-19-18-38-17-16-37-15-14-36-13-12-35;;;1-5(2,3)4/h10-11,35H,12-27H2,1-9H3;2*1H3;(H2,1,2,3,4). The molecule has 0 heterocycles. The highest BCUT2D eigenvalue weighted by molar-refractivity contribution is 7.79. The number of aliphatic hydroxyl groups excluding tert-OH is 1. The molecule has 0 unspecified atom stereocenters. The molecule has 1 rings (SSSR count). The van der Waals surface area contributed by atoms with Crippen molar-refractivity contribution in [2.24, 2.45) is 0 Å². The van der Waals surface area contributed by atoms with Gasteiger partial charge in [-0.15, -0.1) is 0 Å². The number of hydrogen-bond acceptors (Lipinski definition) is 13. The van der Waals surface area contributed by atoms with Crippen LogP contribution in [0.1, 0.15) is 79.0 Å². The van der Waals surface area contributed by atoms with Gasteiger partial charge in [0.1, 0.15) is 12.4 Å². The Bertz CT molecular complexity index is 1060. The van der Waals surface area contributed by atoms with Crippen LogP contribution in [0.25, 0.3) is 0 Å². The van der Waals surface area contributed by atoms with Gasteiger partial charge in [-0.05, 0) is 33.4 Å². The van der Waals surface area contributed by atoms with Gasteiger partial charge in [0.15, 0.2) is 0 Å². The van der Waals surface area contributed by atoms with Crippen molar-refractivity contribution in [3.63, 3.8) is 0 Å². The minimum Gasteiger partial charge on any atom is -0.491 e. The Morgan fingerprint density at radius 2 is 0.760 bits per heavy atom. The molecule has 0 aliphatic heterocycles. The molecular weight excluding hydrogens is 676 g/mol. The average Bonchev–Trinajstić information content (AvgIpc) is 2.94. The fourth-order valence-electron chi connectivity index (χ4n) is 4.55. The largest absolute Gasteiger partial charge is 0.491 e. The zero-order valence-corrected chi connectivity index (χ0v) is 33.0. The van der Waals surface area contributed by atoms with E-state index in [1.54, 1.807) is 0 Å². The van der Waals surface area contributed by atoms with E-state index in [0.29, 0.717) is 99.1 Å². The molecule has 50 heavy (non-hydrogen) atoms. The van der Waals surface area contributed by atoms with E-state index >= 15 is 0 Å². The van der Waals surface area contributed by atoms with E-state index in [2.05, 4.69) is 74.4 Å². The van der Waals surface area contributed by atoms with Crippen LogP contribution in [0, 0.1) is 0 Å². The van der Waals surface area contributed by atoms with Crippen molar-refractivity contribution >= 4 is 10.4 Å². The zero-order valence-electron chi connectivity index (χ0n) is 32.2. The molecule has 0 bridgehead atoms. The van der Waals surface area contributed by atoms with Crippen LogP contribution in [0.15, 0.2) is 12.1 Å². The number of benzene rings is 1. The lowest BCUT2D eigenvalue weighted by Crippen LogP contribution is -2.29. The van der Waals surface area contributed by atoms with E-state index < -0.39 is 10.4 Å². The average molecular weight is 747 g/mol. The highest BCUT2D eigenvalue weighted by atomic mass is 32.3. The van der Waals surface area contributed by atoms with Crippen LogP contribution >= 0.6 is 0 Å². The second-order valence-corrected chi connectivity index (χ2v) is 14.8. The van der Waals surface area contributed by atoms with Crippen molar-refractivity contribution in [3.05, 3.63) is 28.8 Å². The molecule has 16 heteroatoms. The summed E-state index contributed by atoms with van der Waals surface area (Å²) in [7, 11) is -4.67. The normalized spacial score (nSPS) is 12.1. The SMILES string of the molecule is CC(C)(C)c1ccc(OCCOCCOCCOCCOCCOCCOCCOCCO)c(C(C)(C)C)c1C(C)(C)C.N.N.O=S(=O)(O)O. The Morgan fingerprint density at radius 3 is 1.02 bits per heavy atom. The van der Waals surface area contributed by atoms with Gasteiger partial charge in [0.05, 0.1) is 99.1 Å². The number of aliphatic hydroxyl groups is 1. The molecule has 300 valence electrons. The second kappa shape index (κ2) is 28.1. The maximum atomic E-state index is 8.74. The maximum absolute atomic E-state index is 8.74. The molecule has 0 spiro atoms. The molecule has 0 aliphatic carbocycles. The summed E-state index contributed by atoms with van der Waals surface area (Å²) in [6.45, 7) is 27.9. The lowest BCUT2D eigenvalue weighted by molar-refractivity contribution is -0.0221. The topological polar surface area (TPSA) is 239 Å². The van der Waals surface area contributed by atoms with Crippen molar-refractivity contribution in [3.8, 4) is 5.75 Å². The molecule has 0 radical (unpaired) electrons. The van der Waals surface area contributed by atoms with Crippen molar-refractivity contribution in [1.82, 2.24) is 12.3 Å². The summed E-state index contributed by atoms with van der Waals surface area (Å²) in [6, 6.07) is 4.37. The number of hydrogen-bond donors (Lipinski definition) is 5. The highest BCUT2D eigenvalue weighted by Crippen LogP contribution is 2.45. The summed E-state index contributed by atoms with van der Waals surface area (Å²) >= 11 is 0. The Morgan fingerprint density at radius 1 is 0.480 bits per heavy atom. The Kier molecular flexibility index (Phi) is 29.6. The first-order valence-electron chi connectivity index (χ1n) is 16.5. The molecule has 1 aromatic carbocycles. The van der Waals surface area contributed by atoms with Crippen molar-refractivity contribution in [1.29, 1.82) is 0 Å². The highest BCUT2D eigenvalue weighted by Gasteiger charge is 2.34. The van der Waals surface area contributed by atoms with Gasteiger partial charge in [-0.25, -0.2) is 0 Å². The van der Waals surface area contributed by atoms with Gasteiger partial charge in [0.25, 0.3) is 0 Å². The molecule has 1 aromatic rings. The van der Waals surface area contributed by atoms with E-state index in [0.717, 1.165) is 5.75 Å². The van der Waals surface area contributed by atoms with Gasteiger partial charge in [0.2, 0.25) is 0 Å². The van der Waals surface area contributed by atoms with Gasteiger partial charge in [-0.3, -0.25) is 9.11 Å². The van der Waals surface area contributed by atoms with Gasteiger partial charge in [0, 0.05) is 5.56 Å². The van der Waals surface area contributed by atoms with Gasteiger partial charge in [-0.2, -0.15) is 8.42 Å². The van der Waals surface area contributed by atoms with Crippen LogP contribution < -0.4 is 17.0 Å². The van der Waals surface area contributed by atoms with Crippen LogP contribution in [0.2, 0.25) is 0 Å². The lowest BCUT2D eigenvalue weighted by atomic mass is 9.68. The zero-order chi connectivity index (χ0) is 36.7. The fraction of sp³-hybridized carbons (Fsp3) is 0.824. The Hall–Kier alpha value is -1.51. The van der Waals surface area contributed by atoms with Crippen molar-refractivity contribution < 1.29 is 60.5 Å². The van der Waals surface area contributed by atoms with Crippen LogP contribution in [0.3, 0.4) is 0 Å². The maximum Gasteiger partial charge on any atom is 0.394 e. The first-order valence-corrected chi connectivity index (χ1v) is 17.9. The summed E-state index contributed by atoms with van der Waals surface area (Å²) < 4.78 is 76.1. The van der Waals surface area contributed by atoms with Crippen molar-refractivity contribution in [2.75, 3.05) is 106 Å². The van der Waals surface area contributed by atoms with Gasteiger partial charge >= 0.3 is 10.4 Å². The quantitative estimate of drug-likeness (QED) is 0.0709. The first kappa shape index (κ1) is 52.8. The molecule has 0 aromatic heterocycles. The molecule has 0 aliphatic rings. The molecule has 0 amide bonds. The first-order chi connectivity index (χ1) is 22.3. The second-order valence-electron chi connectivity index (χ2n) is 13.9. The van der Waals surface area contributed by atoms with E-state index in [1.165, 1.54) is 16.7 Å². The summed E-state index contributed by atoms with van der Waals surface area (Å²) in [5, 5.41) is 8.60. The third-order valence-corrected chi connectivity index (χ3v) is 6.43. The summed E-state index contributed by atoms with van der Waals surface area (Å²) in [4.78, 5) is 0. The third-order valence-electron chi connectivity index (χ3n) is 6.43. The molecule has 0 saturated heterocycles. The molecule has 0 atom stereocenters. The Labute approximate surface area is 301 Å². The van der Waals surface area contributed by atoms with Crippen LogP contribution in [-0.4, -0.2) is 128 Å². The van der Waals surface area contributed by atoms with E-state index in [9.17, 15) is 0 Å². The van der Waals surface area contributed by atoms with Crippen LogP contribution in [0.4, 0.5) is 0 Å². The van der Waals surface area contributed by atoms with Crippen molar-refractivity contribution in [2.45, 2.75) is 78.6 Å². The fourth-order valence-corrected chi connectivity index (χ4v) is 4.55. The minimum atomic E-state index is -4.67.